The summed E-state index contributed by atoms with van der Waals surface area (Å²) in [6, 6.07) is 10.6. The highest BCUT2D eigenvalue weighted by Crippen LogP contribution is 2.27. The molecule has 3 rings (SSSR count). The summed E-state index contributed by atoms with van der Waals surface area (Å²) in [6.07, 6.45) is 1.53. The first-order chi connectivity index (χ1) is 12.1. The van der Waals surface area contributed by atoms with Gasteiger partial charge in [-0.3, -0.25) is 4.79 Å². The van der Waals surface area contributed by atoms with E-state index in [2.05, 4.69) is 15.5 Å². The number of carbonyl (C=O) groups excluding carboxylic acids is 1. The van der Waals surface area contributed by atoms with E-state index in [-0.39, 0.29) is 18.0 Å². The molecule has 0 aliphatic heterocycles. The van der Waals surface area contributed by atoms with Gasteiger partial charge in [-0.15, -0.1) is 0 Å². The standard InChI is InChI=1S/C17H15ClN4O3/c1-24-13-7-6-11(9-20-13)15-14(16(19)25-22-15)17(23)21-8-10-4-2-3-5-12(10)18/h2-7,9H,8,19H2,1H3,(H,21,23). The molecule has 0 bridgehead atoms. The maximum Gasteiger partial charge on any atom is 0.259 e. The van der Waals surface area contributed by atoms with Crippen molar-refractivity contribution in [2.24, 2.45) is 0 Å². The highest BCUT2D eigenvalue weighted by atomic mass is 35.5. The molecular formula is C17H15ClN4O3. The normalized spacial score (nSPS) is 10.5. The Bertz CT molecular complexity index is 893. The van der Waals surface area contributed by atoms with Gasteiger partial charge in [-0.05, 0) is 17.7 Å². The molecular weight excluding hydrogens is 344 g/mol. The number of nitrogens with two attached hydrogens (primary N) is 1. The number of anilines is 1. The van der Waals surface area contributed by atoms with Crippen LogP contribution in [-0.4, -0.2) is 23.2 Å². The van der Waals surface area contributed by atoms with Crippen molar-refractivity contribution in [3.63, 3.8) is 0 Å². The van der Waals surface area contributed by atoms with Crippen molar-refractivity contribution in [2.75, 3.05) is 12.8 Å². The molecule has 1 amide bonds. The van der Waals surface area contributed by atoms with Crippen molar-refractivity contribution in [1.29, 1.82) is 0 Å². The maximum absolute atomic E-state index is 12.5. The molecule has 0 saturated heterocycles. The zero-order valence-corrected chi connectivity index (χ0v) is 14.1. The van der Waals surface area contributed by atoms with Crippen molar-refractivity contribution >= 4 is 23.4 Å². The van der Waals surface area contributed by atoms with E-state index in [1.54, 1.807) is 18.2 Å². The van der Waals surface area contributed by atoms with Crippen molar-refractivity contribution < 1.29 is 14.1 Å². The quantitative estimate of drug-likeness (QED) is 0.726. The third-order valence-corrected chi connectivity index (χ3v) is 3.93. The van der Waals surface area contributed by atoms with E-state index >= 15 is 0 Å². The Morgan fingerprint density at radius 2 is 2.12 bits per heavy atom. The summed E-state index contributed by atoms with van der Waals surface area (Å²) in [4.78, 5) is 16.6. The molecule has 7 nitrogen and oxygen atoms in total. The summed E-state index contributed by atoms with van der Waals surface area (Å²) in [6.45, 7) is 0.253. The SMILES string of the molecule is COc1ccc(-c2noc(N)c2C(=O)NCc2ccccc2Cl)cn1. The molecule has 0 aliphatic rings. The number of rotatable bonds is 5. The number of nitrogens with one attached hydrogen (secondary N) is 1. The number of aromatic nitrogens is 2. The monoisotopic (exact) mass is 358 g/mol. The van der Waals surface area contributed by atoms with E-state index in [0.29, 0.717) is 22.2 Å². The van der Waals surface area contributed by atoms with Gasteiger partial charge in [0, 0.05) is 29.4 Å². The van der Waals surface area contributed by atoms with Crippen LogP contribution in [0.3, 0.4) is 0 Å². The molecule has 0 saturated carbocycles. The van der Waals surface area contributed by atoms with Gasteiger partial charge in [-0.2, -0.15) is 0 Å². The largest absolute Gasteiger partial charge is 0.481 e. The highest BCUT2D eigenvalue weighted by Gasteiger charge is 2.22. The molecule has 128 valence electrons. The number of pyridine rings is 1. The number of benzene rings is 1. The van der Waals surface area contributed by atoms with E-state index in [9.17, 15) is 4.79 Å². The van der Waals surface area contributed by atoms with Crippen molar-refractivity contribution in [3.8, 4) is 17.1 Å². The minimum Gasteiger partial charge on any atom is -0.481 e. The number of carbonyl (C=O) groups is 1. The summed E-state index contributed by atoms with van der Waals surface area (Å²) in [5, 5.41) is 7.20. The zero-order chi connectivity index (χ0) is 17.8. The third kappa shape index (κ3) is 3.56. The van der Waals surface area contributed by atoms with Gasteiger partial charge in [0.2, 0.25) is 11.8 Å². The smallest absolute Gasteiger partial charge is 0.259 e. The van der Waals surface area contributed by atoms with Crippen LogP contribution in [0.15, 0.2) is 47.1 Å². The average molecular weight is 359 g/mol. The molecule has 25 heavy (non-hydrogen) atoms. The molecule has 0 aliphatic carbocycles. The van der Waals surface area contributed by atoms with Crippen LogP contribution in [-0.2, 0) is 6.54 Å². The van der Waals surface area contributed by atoms with E-state index in [1.165, 1.54) is 13.3 Å². The molecule has 2 heterocycles. The van der Waals surface area contributed by atoms with Crippen LogP contribution in [0.2, 0.25) is 5.02 Å². The van der Waals surface area contributed by atoms with Crippen LogP contribution < -0.4 is 15.8 Å². The number of methoxy groups -OCH3 is 1. The van der Waals surface area contributed by atoms with Crippen molar-refractivity contribution in [1.82, 2.24) is 15.5 Å². The van der Waals surface area contributed by atoms with Crippen LogP contribution in [0.5, 0.6) is 5.88 Å². The number of halogens is 1. The van der Waals surface area contributed by atoms with Crippen molar-refractivity contribution in [2.45, 2.75) is 6.54 Å². The number of nitrogens with zero attached hydrogens (tertiary/aromatic N) is 2. The topological polar surface area (TPSA) is 103 Å². The molecule has 0 radical (unpaired) electrons. The van der Waals surface area contributed by atoms with Gasteiger partial charge in [-0.1, -0.05) is 35.0 Å². The Balaban J connectivity index is 1.83. The molecule has 3 aromatic rings. The van der Waals surface area contributed by atoms with Crippen LogP contribution in [0.4, 0.5) is 5.88 Å². The number of nitrogen functional groups attached to an aromatic ring is 1. The molecule has 3 N–H and O–H groups in total. The van der Waals surface area contributed by atoms with Gasteiger partial charge >= 0.3 is 0 Å². The van der Waals surface area contributed by atoms with Gasteiger partial charge in [0.25, 0.3) is 5.91 Å². The van der Waals surface area contributed by atoms with Gasteiger partial charge < -0.3 is 20.3 Å². The first-order valence-corrected chi connectivity index (χ1v) is 7.75. The first kappa shape index (κ1) is 16.8. The molecule has 0 atom stereocenters. The lowest BCUT2D eigenvalue weighted by Crippen LogP contribution is -2.24. The Hall–Kier alpha value is -3.06. The summed E-state index contributed by atoms with van der Waals surface area (Å²) in [7, 11) is 1.52. The van der Waals surface area contributed by atoms with Gasteiger partial charge in [0.15, 0.2) is 0 Å². The van der Waals surface area contributed by atoms with Crippen LogP contribution in [0.25, 0.3) is 11.3 Å². The molecule has 0 spiro atoms. The average Bonchev–Trinajstić information content (AvgIpc) is 3.02. The number of hydrogen-bond donors (Lipinski definition) is 2. The molecule has 2 aromatic heterocycles. The fourth-order valence-electron chi connectivity index (χ4n) is 2.27. The van der Waals surface area contributed by atoms with Crippen LogP contribution >= 0.6 is 11.6 Å². The fourth-order valence-corrected chi connectivity index (χ4v) is 2.47. The molecule has 0 fully saturated rings. The lowest BCUT2D eigenvalue weighted by Gasteiger charge is -2.07. The minimum atomic E-state index is -0.413. The van der Waals surface area contributed by atoms with Crippen molar-refractivity contribution in [3.05, 3.63) is 58.7 Å². The van der Waals surface area contributed by atoms with Gasteiger partial charge in [0.05, 0.1) is 7.11 Å². The Kier molecular flexibility index (Phi) is 4.85. The van der Waals surface area contributed by atoms with Crippen LogP contribution in [0, 0.1) is 0 Å². The summed E-state index contributed by atoms with van der Waals surface area (Å²) < 4.78 is 10.0. The summed E-state index contributed by atoms with van der Waals surface area (Å²) >= 11 is 6.09. The first-order valence-electron chi connectivity index (χ1n) is 7.37. The Labute approximate surface area is 148 Å². The number of amides is 1. The van der Waals surface area contributed by atoms with Gasteiger partial charge in [0.1, 0.15) is 11.3 Å². The minimum absolute atomic E-state index is 0.0672. The lowest BCUT2D eigenvalue weighted by atomic mass is 10.1. The second-order valence-electron chi connectivity index (χ2n) is 5.13. The van der Waals surface area contributed by atoms with E-state index in [4.69, 9.17) is 26.6 Å². The third-order valence-electron chi connectivity index (χ3n) is 3.56. The van der Waals surface area contributed by atoms with Gasteiger partial charge in [-0.25, -0.2) is 4.98 Å². The Morgan fingerprint density at radius 3 is 2.80 bits per heavy atom. The van der Waals surface area contributed by atoms with Crippen LogP contribution in [0.1, 0.15) is 15.9 Å². The molecule has 8 heteroatoms. The molecule has 1 aromatic carbocycles. The Morgan fingerprint density at radius 1 is 1.32 bits per heavy atom. The second kappa shape index (κ2) is 7.23. The van der Waals surface area contributed by atoms with E-state index in [1.807, 2.05) is 18.2 Å². The second-order valence-corrected chi connectivity index (χ2v) is 5.54. The zero-order valence-electron chi connectivity index (χ0n) is 13.3. The molecule has 0 unspecified atom stereocenters. The summed E-state index contributed by atoms with van der Waals surface area (Å²) in [5.41, 5.74) is 7.61. The van der Waals surface area contributed by atoms with E-state index in [0.717, 1.165) is 5.56 Å². The maximum atomic E-state index is 12.5. The summed E-state index contributed by atoms with van der Waals surface area (Å²) in [5.74, 6) is -0.0306. The lowest BCUT2D eigenvalue weighted by molar-refractivity contribution is 0.0952. The number of ether oxygens (including phenoxy) is 1. The van der Waals surface area contributed by atoms with E-state index < -0.39 is 5.91 Å². The highest BCUT2D eigenvalue weighted by molar-refractivity contribution is 6.31. The number of hydrogen-bond acceptors (Lipinski definition) is 6. The fraction of sp³-hybridized carbons (Fsp3) is 0.118. The predicted molar refractivity (Wildman–Crippen MR) is 93.3 cm³/mol. The predicted octanol–water partition coefficient (Wildman–Crippen LogP) is 2.91.